The van der Waals surface area contributed by atoms with E-state index in [-0.39, 0.29) is 5.67 Å². The van der Waals surface area contributed by atoms with Crippen molar-refractivity contribution in [3.63, 3.8) is 0 Å². The van der Waals surface area contributed by atoms with Gasteiger partial charge in [0.05, 0.1) is 0 Å². The normalized spacial score (nSPS) is 15.9. The van der Waals surface area contributed by atoms with Crippen molar-refractivity contribution in [2.24, 2.45) is 0 Å². The zero-order valence-corrected chi connectivity index (χ0v) is 12.1. The molecule has 1 atom stereocenters. The monoisotopic (exact) mass is 261 g/mol. The van der Waals surface area contributed by atoms with Crippen molar-refractivity contribution >= 4 is 39.2 Å². The van der Waals surface area contributed by atoms with Gasteiger partial charge < -0.3 is 0 Å². The third kappa shape index (κ3) is 4.39. The summed E-state index contributed by atoms with van der Waals surface area (Å²) in [6.07, 6.45) is 0. The average Bonchev–Trinajstić information content (AvgIpc) is 1.82. The zero-order chi connectivity index (χ0) is 10.8. The summed E-state index contributed by atoms with van der Waals surface area (Å²) in [5, 5.41) is 0. The first kappa shape index (κ1) is 14.0. The number of hydrogen-bond donors (Lipinski definition) is 0. The first-order valence-corrected chi connectivity index (χ1v) is 9.63. The van der Waals surface area contributed by atoms with E-state index in [1.165, 1.54) is 0 Å². The molecule has 0 heterocycles. The SMILES string of the molecule is CC(C)N(C(C)C)C(C)[Si](Cl)(Cl)Cl. The minimum atomic E-state index is -2.61. The van der Waals surface area contributed by atoms with Gasteiger partial charge in [0, 0.05) is 17.7 Å². The summed E-state index contributed by atoms with van der Waals surface area (Å²) in [5.74, 6) is 0. The highest BCUT2D eigenvalue weighted by Crippen LogP contribution is 2.29. The Labute approximate surface area is 96.5 Å². The van der Waals surface area contributed by atoms with Crippen LogP contribution in [0.5, 0.6) is 0 Å². The summed E-state index contributed by atoms with van der Waals surface area (Å²) in [7, 11) is 0. The topological polar surface area (TPSA) is 3.24 Å². The van der Waals surface area contributed by atoms with Crippen molar-refractivity contribution in [3.8, 4) is 0 Å². The lowest BCUT2D eigenvalue weighted by Gasteiger charge is -2.38. The van der Waals surface area contributed by atoms with Crippen LogP contribution in [0, 0.1) is 0 Å². The first-order chi connectivity index (χ1) is 5.68. The quantitative estimate of drug-likeness (QED) is 0.552. The Bertz CT molecular complexity index is 148. The second-order valence-electron chi connectivity index (χ2n) is 3.85. The molecule has 0 fully saturated rings. The summed E-state index contributed by atoms with van der Waals surface area (Å²) >= 11 is 18.0. The third-order valence-corrected chi connectivity index (χ3v) is 6.20. The van der Waals surface area contributed by atoms with Crippen LogP contribution in [0.2, 0.25) is 0 Å². The minimum absolute atomic E-state index is 0.0671. The predicted octanol–water partition coefficient (Wildman–Crippen LogP) is 3.69. The van der Waals surface area contributed by atoms with E-state index in [1.807, 2.05) is 6.92 Å². The van der Waals surface area contributed by atoms with Gasteiger partial charge in [-0.1, -0.05) is 0 Å². The van der Waals surface area contributed by atoms with E-state index in [2.05, 4.69) is 32.6 Å². The molecule has 0 amide bonds. The van der Waals surface area contributed by atoms with Crippen LogP contribution in [0.1, 0.15) is 34.6 Å². The Balaban J connectivity index is 4.56. The molecule has 0 rings (SSSR count). The van der Waals surface area contributed by atoms with Crippen LogP contribution >= 0.6 is 33.2 Å². The number of hydrogen-bond acceptors (Lipinski definition) is 1. The van der Waals surface area contributed by atoms with Gasteiger partial charge in [-0.2, -0.15) is 0 Å². The van der Waals surface area contributed by atoms with E-state index in [0.717, 1.165) is 0 Å². The summed E-state index contributed by atoms with van der Waals surface area (Å²) in [6.45, 7) is 10.5. The molecule has 0 aromatic heterocycles. The van der Waals surface area contributed by atoms with Gasteiger partial charge in [0.2, 0.25) is 0 Å². The fourth-order valence-corrected chi connectivity index (χ4v) is 3.61. The van der Waals surface area contributed by atoms with Crippen LogP contribution in [0.3, 0.4) is 0 Å². The first-order valence-electron chi connectivity index (χ1n) is 4.52. The molecule has 0 aromatic carbocycles. The molecule has 0 aromatic rings. The van der Waals surface area contributed by atoms with Crippen molar-refractivity contribution < 1.29 is 0 Å². The van der Waals surface area contributed by atoms with Gasteiger partial charge in [0.25, 0.3) is 0 Å². The molecule has 1 unspecified atom stereocenters. The Morgan fingerprint density at radius 3 is 1.23 bits per heavy atom. The average molecular weight is 263 g/mol. The van der Waals surface area contributed by atoms with Crippen LogP contribution in [-0.4, -0.2) is 28.7 Å². The minimum Gasteiger partial charge on any atom is -0.295 e. The van der Waals surface area contributed by atoms with Crippen molar-refractivity contribution in [1.82, 2.24) is 4.90 Å². The maximum atomic E-state index is 5.99. The van der Waals surface area contributed by atoms with E-state index >= 15 is 0 Å². The smallest absolute Gasteiger partial charge is 0.295 e. The molecule has 5 heteroatoms. The summed E-state index contributed by atoms with van der Waals surface area (Å²) in [4.78, 5) is 2.25. The third-order valence-electron chi connectivity index (χ3n) is 2.11. The fraction of sp³-hybridized carbons (Fsp3) is 1.00. The molecule has 0 aliphatic carbocycles. The van der Waals surface area contributed by atoms with Gasteiger partial charge in [-0.05, 0) is 34.6 Å². The molecule has 0 bridgehead atoms. The number of halogens is 3. The van der Waals surface area contributed by atoms with Gasteiger partial charge in [-0.15, -0.1) is 33.2 Å². The van der Waals surface area contributed by atoms with Crippen molar-refractivity contribution in [2.45, 2.75) is 52.4 Å². The van der Waals surface area contributed by atoms with Crippen molar-refractivity contribution in [1.29, 1.82) is 0 Å². The van der Waals surface area contributed by atoms with Crippen LogP contribution in [0.4, 0.5) is 0 Å². The highest BCUT2D eigenvalue weighted by Gasteiger charge is 2.39. The maximum Gasteiger partial charge on any atom is 0.357 e. The molecule has 0 radical (unpaired) electrons. The lowest BCUT2D eigenvalue weighted by atomic mass is 10.2. The van der Waals surface area contributed by atoms with Gasteiger partial charge in [0.15, 0.2) is 0 Å². The molecule has 1 nitrogen and oxygen atoms in total. The molecule has 80 valence electrons. The van der Waals surface area contributed by atoms with Gasteiger partial charge in [-0.25, -0.2) is 0 Å². The van der Waals surface area contributed by atoms with Crippen molar-refractivity contribution in [3.05, 3.63) is 0 Å². The highest BCUT2D eigenvalue weighted by atomic mass is 35.8. The summed E-state index contributed by atoms with van der Waals surface area (Å²) in [6, 6.07) is -1.78. The van der Waals surface area contributed by atoms with Crippen LogP contribution in [0.15, 0.2) is 0 Å². The van der Waals surface area contributed by atoms with Gasteiger partial charge in [-0.3, -0.25) is 4.90 Å². The standard InChI is InChI=1S/C8H18Cl3NSi/c1-6(2)12(7(3)4)8(5)13(9,10)11/h6-8H,1-5H3. The molecule has 0 aliphatic heterocycles. The summed E-state index contributed by atoms with van der Waals surface area (Å²) < 4.78 is 0. The molecule has 0 N–H and O–H groups in total. The lowest BCUT2D eigenvalue weighted by molar-refractivity contribution is 0.162. The second-order valence-corrected chi connectivity index (χ2v) is 12.9. The number of rotatable bonds is 4. The maximum absolute atomic E-state index is 5.99. The fourth-order valence-electron chi connectivity index (χ4n) is 1.66. The summed E-state index contributed by atoms with van der Waals surface area (Å²) in [5.41, 5.74) is 0.0671. The Hall–Kier alpha value is 1.05. The molecule has 0 spiro atoms. The lowest BCUT2D eigenvalue weighted by Crippen LogP contribution is -2.51. The Kier molecular flexibility index (Phi) is 5.64. The molecule has 0 saturated carbocycles. The van der Waals surface area contributed by atoms with Crippen LogP contribution in [-0.2, 0) is 0 Å². The van der Waals surface area contributed by atoms with E-state index in [9.17, 15) is 0 Å². The highest BCUT2D eigenvalue weighted by molar-refractivity contribution is 7.65. The predicted molar refractivity (Wildman–Crippen MR) is 64.9 cm³/mol. The van der Waals surface area contributed by atoms with E-state index < -0.39 is 6.00 Å². The van der Waals surface area contributed by atoms with Crippen molar-refractivity contribution in [2.75, 3.05) is 0 Å². The molecule has 0 aliphatic rings. The number of nitrogens with zero attached hydrogens (tertiary/aromatic N) is 1. The largest absolute Gasteiger partial charge is 0.357 e. The van der Waals surface area contributed by atoms with E-state index in [0.29, 0.717) is 12.1 Å². The second kappa shape index (κ2) is 5.22. The molecule has 0 saturated heterocycles. The van der Waals surface area contributed by atoms with Crippen LogP contribution < -0.4 is 0 Å². The van der Waals surface area contributed by atoms with E-state index in [4.69, 9.17) is 33.2 Å². The molecular weight excluding hydrogens is 245 g/mol. The Morgan fingerprint density at radius 1 is 0.846 bits per heavy atom. The van der Waals surface area contributed by atoms with Crippen LogP contribution in [0.25, 0.3) is 0 Å². The van der Waals surface area contributed by atoms with Gasteiger partial charge in [0.1, 0.15) is 0 Å². The molecule has 13 heavy (non-hydrogen) atoms. The molecular formula is C8H18Cl3NSi. The zero-order valence-electron chi connectivity index (χ0n) is 8.81. The van der Waals surface area contributed by atoms with Gasteiger partial charge >= 0.3 is 6.00 Å². The Morgan fingerprint density at radius 2 is 1.15 bits per heavy atom. The van der Waals surface area contributed by atoms with E-state index in [1.54, 1.807) is 0 Å².